The van der Waals surface area contributed by atoms with Gasteiger partial charge in [-0.15, -0.1) is 0 Å². The third-order valence-corrected chi connectivity index (χ3v) is 3.81. The van der Waals surface area contributed by atoms with Gasteiger partial charge in [0.05, 0.1) is 13.1 Å². The van der Waals surface area contributed by atoms with Gasteiger partial charge in [0, 0.05) is 16.3 Å². The lowest BCUT2D eigenvalue weighted by Gasteiger charge is -2.13. The van der Waals surface area contributed by atoms with Gasteiger partial charge in [-0.3, -0.25) is 9.69 Å². The highest BCUT2D eigenvalue weighted by atomic mass is 35.5. The van der Waals surface area contributed by atoms with Crippen molar-refractivity contribution in [2.24, 2.45) is 0 Å². The molecule has 7 heteroatoms. The maximum absolute atomic E-state index is 13.1. The Morgan fingerprint density at radius 3 is 2.83 bits per heavy atom. The van der Waals surface area contributed by atoms with Gasteiger partial charge in [-0.05, 0) is 36.4 Å². The molecule has 2 aromatic carbocycles. The van der Waals surface area contributed by atoms with E-state index in [9.17, 15) is 14.0 Å². The van der Waals surface area contributed by atoms with Gasteiger partial charge in [-0.2, -0.15) is 0 Å². The summed E-state index contributed by atoms with van der Waals surface area (Å²) in [7, 11) is 0. The van der Waals surface area contributed by atoms with Crippen molar-refractivity contribution < 1.29 is 18.7 Å². The van der Waals surface area contributed by atoms with E-state index < -0.39 is 23.9 Å². The van der Waals surface area contributed by atoms with Gasteiger partial charge in [0.2, 0.25) is 0 Å². The number of ether oxygens (including phenoxy) is 1. The fourth-order valence-electron chi connectivity index (χ4n) is 2.42. The second kappa shape index (κ2) is 6.88. The molecule has 1 heterocycles. The Morgan fingerprint density at radius 1 is 1.29 bits per heavy atom. The summed E-state index contributed by atoms with van der Waals surface area (Å²) >= 11 is 5.92. The Kier molecular flexibility index (Phi) is 4.66. The summed E-state index contributed by atoms with van der Waals surface area (Å²) < 4.78 is 18.4. The second-order valence-corrected chi connectivity index (χ2v) is 5.75. The van der Waals surface area contributed by atoms with Crippen LogP contribution in [0.1, 0.15) is 10.4 Å². The molecule has 1 aliphatic rings. The van der Waals surface area contributed by atoms with Gasteiger partial charge in [-0.25, -0.2) is 9.18 Å². The fourth-order valence-corrected chi connectivity index (χ4v) is 2.61. The van der Waals surface area contributed by atoms with Crippen LogP contribution in [0, 0.1) is 5.82 Å². The van der Waals surface area contributed by atoms with E-state index in [4.69, 9.17) is 16.3 Å². The van der Waals surface area contributed by atoms with Gasteiger partial charge in [0.15, 0.2) is 0 Å². The predicted molar refractivity (Wildman–Crippen MR) is 87.8 cm³/mol. The highest BCUT2D eigenvalue weighted by molar-refractivity contribution is 6.30. The molecule has 1 N–H and O–H groups in total. The topological polar surface area (TPSA) is 58.6 Å². The van der Waals surface area contributed by atoms with E-state index in [0.29, 0.717) is 17.3 Å². The molecule has 1 atom stereocenters. The summed E-state index contributed by atoms with van der Waals surface area (Å²) in [5.74, 6) is -0.908. The normalized spacial score (nSPS) is 16.8. The van der Waals surface area contributed by atoms with Crippen molar-refractivity contribution in [3.05, 3.63) is 64.9 Å². The lowest BCUT2D eigenvalue weighted by Crippen LogP contribution is -2.34. The number of hydrogen-bond donors (Lipinski definition) is 1. The zero-order chi connectivity index (χ0) is 17.1. The molecular weight excluding hydrogens is 335 g/mol. The van der Waals surface area contributed by atoms with E-state index in [1.54, 1.807) is 24.3 Å². The van der Waals surface area contributed by atoms with E-state index in [-0.39, 0.29) is 12.1 Å². The van der Waals surface area contributed by atoms with E-state index in [1.165, 1.54) is 23.1 Å². The number of hydrogen-bond acceptors (Lipinski definition) is 3. The van der Waals surface area contributed by atoms with Crippen LogP contribution in [0.25, 0.3) is 0 Å². The molecule has 1 saturated heterocycles. The Morgan fingerprint density at radius 2 is 2.08 bits per heavy atom. The minimum absolute atomic E-state index is 0.137. The Bertz CT molecular complexity index is 784. The van der Waals surface area contributed by atoms with Crippen molar-refractivity contribution in [3.8, 4) is 0 Å². The minimum Gasteiger partial charge on any atom is -0.442 e. The average molecular weight is 349 g/mol. The zero-order valence-corrected chi connectivity index (χ0v) is 13.3. The number of nitrogens with zero attached hydrogens (tertiary/aromatic N) is 1. The highest BCUT2D eigenvalue weighted by Crippen LogP contribution is 2.24. The van der Waals surface area contributed by atoms with E-state index >= 15 is 0 Å². The highest BCUT2D eigenvalue weighted by Gasteiger charge is 2.32. The first-order chi connectivity index (χ1) is 11.5. The Hall–Kier alpha value is -2.60. The molecule has 2 amide bonds. The Labute approximate surface area is 143 Å². The van der Waals surface area contributed by atoms with Crippen molar-refractivity contribution >= 4 is 29.3 Å². The molecule has 0 aromatic heterocycles. The molecule has 0 spiro atoms. The maximum atomic E-state index is 13.1. The first-order valence-electron chi connectivity index (χ1n) is 7.30. The fraction of sp³-hybridized carbons (Fsp3) is 0.176. The second-order valence-electron chi connectivity index (χ2n) is 5.32. The molecule has 24 heavy (non-hydrogen) atoms. The molecule has 1 fully saturated rings. The number of nitrogens with one attached hydrogen (secondary N) is 1. The maximum Gasteiger partial charge on any atom is 0.414 e. The number of rotatable bonds is 4. The van der Waals surface area contributed by atoms with Crippen LogP contribution in [-0.2, 0) is 4.74 Å². The zero-order valence-electron chi connectivity index (χ0n) is 12.5. The van der Waals surface area contributed by atoms with Crippen LogP contribution in [0.4, 0.5) is 14.9 Å². The molecule has 0 radical (unpaired) electrons. The number of carbonyl (C=O) groups is 2. The summed E-state index contributed by atoms with van der Waals surface area (Å²) in [6.45, 7) is 0.431. The largest absolute Gasteiger partial charge is 0.442 e. The quantitative estimate of drug-likeness (QED) is 0.922. The summed E-state index contributed by atoms with van der Waals surface area (Å²) in [6.07, 6.45) is -0.990. The predicted octanol–water partition coefficient (Wildman–Crippen LogP) is 3.23. The van der Waals surface area contributed by atoms with Crippen LogP contribution in [0.15, 0.2) is 48.5 Å². The number of cyclic esters (lactones) is 1. The third-order valence-electron chi connectivity index (χ3n) is 3.57. The van der Waals surface area contributed by atoms with Crippen LogP contribution >= 0.6 is 11.6 Å². The van der Waals surface area contributed by atoms with Crippen molar-refractivity contribution in [2.45, 2.75) is 6.10 Å². The number of amides is 2. The molecular formula is C17H14ClFN2O3. The van der Waals surface area contributed by atoms with E-state index in [2.05, 4.69) is 5.32 Å². The minimum atomic E-state index is -0.498. The molecule has 5 nitrogen and oxygen atoms in total. The van der Waals surface area contributed by atoms with Gasteiger partial charge in [0.25, 0.3) is 5.91 Å². The standard InChI is InChI=1S/C17H14ClFN2O3/c18-12-4-2-6-14(8-12)21-10-15(24-17(21)23)9-20-16(22)11-3-1-5-13(19)7-11/h1-8,15H,9-10H2,(H,20,22)/t15-/m0/s1. The van der Waals surface area contributed by atoms with Gasteiger partial charge in [-0.1, -0.05) is 23.7 Å². The van der Waals surface area contributed by atoms with Gasteiger partial charge >= 0.3 is 6.09 Å². The molecule has 0 saturated carbocycles. The van der Waals surface area contributed by atoms with Crippen LogP contribution < -0.4 is 10.2 Å². The van der Waals surface area contributed by atoms with Crippen molar-refractivity contribution in [1.82, 2.24) is 5.32 Å². The monoisotopic (exact) mass is 348 g/mol. The van der Waals surface area contributed by atoms with E-state index in [1.807, 2.05) is 0 Å². The van der Waals surface area contributed by atoms with Crippen LogP contribution in [0.3, 0.4) is 0 Å². The summed E-state index contributed by atoms with van der Waals surface area (Å²) in [5.41, 5.74) is 0.845. The molecule has 0 unspecified atom stereocenters. The summed E-state index contributed by atoms with van der Waals surface area (Å²) in [5, 5.41) is 3.15. The van der Waals surface area contributed by atoms with Crippen molar-refractivity contribution in [2.75, 3.05) is 18.0 Å². The first-order valence-corrected chi connectivity index (χ1v) is 7.68. The molecule has 124 valence electrons. The third kappa shape index (κ3) is 3.65. The average Bonchev–Trinajstić information content (AvgIpc) is 2.93. The van der Waals surface area contributed by atoms with Gasteiger partial charge < -0.3 is 10.1 Å². The number of benzene rings is 2. The van der Waals surface area contributed by atoms with Crippen molar-refractivity contribution in [1.29, 1.82) is 0 Å². The lowest BCUT2D eigenvalue weighted by atomic mass is 10.2. The molecule has 0 bridgehead atoms. The first kappa shape index (κ1) is 16.3. The molecule has 0 aliphatic carbocycles. The van der Waals surface area contributed by atoms with E-state index in [0.717, 1.165) is 6.07 Å². The summed E-state index contributed by atoms with van der Waals surface area (Å²) in [4.78, 5) is 25.4. The number of halogens is 2. The molecule has 2 aromatic rings. The summed E-state index contributed by atoms with van der Waals surface area (Å²) in [6, 6.07) is 12.2. The Balaban J connectivity index is 1.59. The smallest absolute Gasteiger partial charge is 0.414 e. The van der Waals surface area contributed by atoms with Crippen LogP contribution in [-0.4, -0.2) is 31.2 Å². The van der Waals surface area contributed by atoms with Crippen molar-refractivity contribution in [3.63, 3.8) is 0 Å². The molecule has 3 rings (SSSR count). The number of anilines is 1. The number of carbonyl (C=O) groups excluding carboxylic acids is 2. The van der Waals surface area contributed by atoms with Crippen LogP contribution in [0.2, 0.25) is 5.02 Å². The SMILES string of the molecule is O=C(NC[C@H]1CN(c2cccc(Cl)c2)C(=O)O1)c1cccc(F)c1. The van der Waals surface area contributed by atoms with Crippen LogP contribution in [0.5, 0.6) is 0 Å². The van der Waals surface area contributed by atoms with Gasteiger partial charge in [0.1, 0.15) is 11.9 Å². The molecule has 1 aliphatic heterocycles. The lowest BCUT2D eigenvalue weighted by molar-refractivity contribution is 0.0915.